The highest BCUT2D eigenvalue weighted by molar-refractivity contribution is 7.14. The van der Waals surface area contributed by atoms with Crippen LogP contribution in [0.4, 0.5) is 14.6 Å². The first-order valence-corrected chi connectivity index (χ1v) is 8.17. The van der Waals surface area contributed by atoms with Crippen LogP contribution >= 0.6 is 11.3 Å². The molecule has 0 bridgehead atoms. The van der Waals surface area contributed by atoms with Crippen molar-refractivity contribution in [1.82, 2.24) is 10.6 Å². The van der Waals surface area contributed by atoms with E-state index in [0.29, 0.717) is 13.1 Å². The number of anilines is 1. The quantitative estimate of drug-likeness (QED) is 0.884. The van der Waals surface area contributed by atoms with Gasteiger partial charge in [0.25, 0.3) is 0 Å². The molecule has 6 nitrogen and oxygen atoms in total. The Hall–Kier alpha value is -2.54. The summed E-state index contributed by atoms with van der Waals surface area (Å²) in [6.07, 6.45) is -0.712. The number of ether oxygens (including phenoxy) is 1. The van der Waals surface area contributed by atoms with E-state index in [0.717, 1.165) is 10.6 Å². The predicted molar refractivity (Wildman–Crippen MR) is 88.6 cm³/mol. The maximum Gasteiger partial charge on any atom is 0.415 e. The molecule has 3 amide bonds. The third kappa shape index (κ3) is 4.01. The predicted octanol–water partition coefficient (Wildman–Crippen LogP) is 2.57. The lowest BCUT2D eigenvalue weighted by atomic mass is 10.2. The zero-order valence-corrected chi connectivity index (χ0v) is 13.2. The summed E-state index contributed by atoms with van der Waals surface area (Å²) >= 11 is 1.48. The van der Waals surface area contributed by atoms with Gasteiger partial charge in [-0.2, -0.15) is 0 Å². The van der Waals surface area contributed by atoms with Crippen LogP contribution in [0.15, 0.2) is 47.8 Å². The number of nitrogens with one attached hydrogen (secondary N) is 2. The maximum atomic E-state index is 11.8. The number of cyclic esters (lactones) is 1. The second kappa shape index (κ2) is 7.15. The Labute approximate surface area is 138 Å². The van der Waals surface area contributed by atoms with Gasteiger partial charge in [-0.25, -0.2) is 9.59 Å². The van der Waals surface area contributed by atoms with Crippen LogP contribution in [0.1, 0.15) is 5.56 Å². The molecular formula is C16H17N3O3S. The molecule has 0 saturated carbocycles. The summed E-state index contributed by atoms with van der Waals surface area (Å²) in [5, 5.41) is 8.26. The average Bonchev–Trinajstić information content (AvgIpc) is 3.21. The first-order chi connectivity index (χ1) is 11.2. The van der Waals surface area contributed by atoms with Gasteiger partial charge in [-0.15, -0.1) is 11.3 Å². The lowest BCUT2D eigenvalue weighted by molar-refractivity contribution is 0.140. The van der Waals surface area contributed by atoms with Gasteiger partial charge in [0, 0.05) is 6.54 Å². The molecule has 0 radical (unpaired) electrons. The number of hydrogen-bond acceptors (Lipinski definition) is 4. The molecule has 2 N–H and O–H groups in total. The molecule has 0 aliphatic carbocycles. The van der Waals surface area contributed by atoms with Gasteiger partial charge in [-0.1, -0.05) is 30.3 Å². The number of nitrogens with zero attached hydrogens (tertiary/aromatic N) is 1. The molecule has 7 heteroatoms. The minimum Gasteiger partial charge on any atom is -0.442 e. The number of carbonyl (C=O) groups is 2. The summed E-state index contributed by atoms with van der Waals surface area (Å²) in [7, 11) is 0. The number of benzene rings is 1. The Morgan fingerprint density at radius 3 is 2.78 bits per heavy atom. The number of amides is 3. The molecular weight excluding hydrogens is 314 g/mol. The van der Waals surface area contributed by atoms with Gasteiger partial charge < -0.3 is 15.4 Å². The van der Waals surface area contributed by atoms with Crippen molar-refractivity contribution in [3.63, 3.8) is 0 Å². The van der Waals surface area contributed by atoms with Gasteiger partial charge >= 0.3 is 12.1 Å². The van der Waals surface area contributed by atoms with E-state index in [-0.39, 0.29) is 24.8 Å². The molecule has 1 aliphatic heterocycles. The third-order valence-electron chi connectivity index (χ3n) is 3.43. The van der Waals surface area contributed by atoms with E-state index < -0.39 is 0 Å². The average molecular weight is 331 g/mol. The van der Waals surface area contributed by atoms with Crippen LogP contribution in [0.2, 0.25) is 0 Å². The third-order valence-corrected chi connectivity index (χ3v) is 4.32. The summed E-state index contributed by atoms with van der Waals surface area (Å²) in [6, 6.07) is 13.1. The number of rotatable bonds is 5. The van der Waals surface area contributed by atoms with Crippen LogP contribution in [0.25, 0.3) is 0 Å². The topological polar surface area (TPSA) is 70.7 Å². The number of carbonyl (C=O) groups excluding carboxylic acids is 2. The molecule has 0 spiro atoms. The van der Waals surface area contributed by atoms with Crippen molar-refractivity contribution in [2.45, 2.75) is 12.6 Å². The second-order valence-electron chi connectivity index (χ2n) is 5.12. The van der Waals surface area contributed by atoms with Crippen LogP contribution in [-0.2, 0) is 11.3 Å². The Morgan fingerprint density at radius 1 is 1.22 bits per heavy atom. The molecule has 1 aliphatic rings. The lowest BCUT2D eigenvalue weighted by Gasteiger charge is -2.11. The standard InChI is InChI=1S/C16H17N3O3S/c20-15(17-9-12-5-2-1-3-6-12)18-10-13-11-19(16(21)22-13)14-7-4-8-23-14/h1-8,13H,9-11H2,(H2,17,18,20). The monoisotopic (exact) mass is 331 g/mol. The minimum absolute atomic E-state index is 0.278. The fraction of sp³-hybridized carbons (Fsp3) is 0.250. The number of hydrogen-bond donors (Lipinski definition) is 2. The summed E-state index contributed by atoms with van der Waals surface area (Å²) in [6.45, 7) is 1.19. The van der Waals surface area contributed by atoms with Crippen LogP contribution in [0.3, 0.4) is 0 Å². The molecule has 1 unspecified atom stereocenters. The number of urea groups is 1. The van der Waals surface area contributed by atoms with E-state index in [4.69, 9.17) is 4.74 Å². The van der Waals surface area contributed by atoms with Gasteiger partial charge in [0.2, 0.25) is 0 Å². The van der Waals surface area contributed by atoms with Crippen molar-refractivity contribution >= 4 is 28.5 Å². The lowest BCUT2D eigenvalue weighted by Crippen LogP contribution is -2.40. The number of thiophene rings is 1. The minimum atomic E-state index is -0.371. The highest BCUT2D eigenvalue weighted by Gasteiger charge is 2.32. The fourth-order valence-electron chi connectivity index (χ4n) is 2.28. The van der Waals surface area contributed by atoms with Gasteiger partial charge in [0.1, 0.15) is 11.1 Å². The maximum absolute atomic E-state index is 11.8. The van der Waals surface area contributed by atoms with Crippen molar-refractivity contribution in [1.29, 1.82) is 0 Å². The van der Waals surface area contributed by atoms with E-state index in [1.165, 1.54) is 11.3 Å². The van der Waals surface area contributed by atoms with Crippen LogP contribution in [0, 0.1) is 0 Å². The Balaban J connectivity index is 1.42. The van der Waals surface area contributed by atoms with Crippen molar-refractivity contribution in [2.24, 2.45) is 0 Å². The normalized spacial score (nSPS) is 17.0. The first-order valence-electron chi connectivity index (χ1n) is 7.29. The van der Waals surface area contributed by atoms with E-state index in [1.807, 2.05) is 47.8 Å². The molecule has 1 atom stereocenters. The summed E-state index contributed by atoms with van der Waals surface area (Å²) < 4.78 is 5.26. The molecule has 120 valence electrons. The van der Waals surface area contributed by atoms with Crippen molar-refractivity contribution in [3.05, 3.63) is 53.4 Å². The summed E-state index contributed by atoms with van der Waals surface area (Å²) in [5.41, 5.74) is 1.03. The molecule has 2 heterocycles. The molecule has 1 fully saturated rings. The fourth-order valence-corrected chi connectivity index (χ4v) is 3.01. The largest absolute Gasteiger partial charge is 0.442 e. The van der Waals surface area contributed by atoms with E-state index in [1.54, 1.807) is 4.90 Å². The van der Waals surface area contributed by atoms with Crippen LogP contribution < -0.4 is 15.5 Å². The molecule has 1 aromatic heterocycles. The molecule has 3 rings (SSSR count). The Kier molecular flexibility index (Phi) is 4.77. The second-order valence-corrected chi connectivity index (χ2v) is 6.04. The molecule has 1 aromatic carbocycles. The van der Waals surface area contributed by atoms with E-state index >= 15 is 0 Å². The van der Waals surface area contributed by atoms with Crippen molar-refractivity contribution in [2.75, 3.05) is 18.0 Å². The van der Waals surface area contributed by atoms with Gasteiger partial charge in [0.05, 0.1) is 13.1 Å². The van der Waals surface area contributed by atoms with E-state index in [9.17, 15) is 9.59 Å². The van der Waals surface area contributed by atoms with Gasteiger partial charge in [0.15, 0.2) is 0 Å². The first kappa shape index (κ1) is 15.4. The van der Waals surface area contributed by atoms with Crippen LogP contribution in [-0.4, -0.2) is 31.3 Å². The van der Waals surface area contributed by atoms with E-state index in [2.05, 4.69) is 10.6 Å². The van der Waals surface area contributed by atoms with Gasteiger partial charge in [-0.05, 0) is 23.1 Å². The van der Waals surface area contributed by atoms with Crippen LogP contribution in [0.5, 0.6) is 0 Å². The Morgan fingerprint density at radius 2 is 2.04 bits per heavy atom. The van der Waals surface area contributed by atoms with Gasteiger partial charge in [-0.3, -0.25) is 4.90 Å². The zero-order valence-electron chi connectivity index (χ0n) is 12.4. The zero-order chi connectivity index (χ0) is 16.1. The Bertz CT molecular complexity index is 660. The summed E-state index contributed by atoms with van der Waals surface area (Å²) in [5.74, 6) is 0. The molecule has 23 heavy (non-hydrogen) atoms. The smallest absolute Gasteiger partial charge is 0.415 e. The molecule has 2 aromatic rings. The molecule has 1 saturated heterocycles. The van der Waals surface area contributed by atoms with Crippen molar-refractivity contribution in [3.8, 4) is 0 Å². The SMILES string of the molecule is O=C(NCc1ccccc1)NCC1CN(c2cccs2)C(=O)O1. The summed E-state index contributed by atoms with van der Waals surface area (Å²) in [4.78, 5) is 25.2. The highest BCUT2D eigenvalue weighted by atomic mass is 32.1. The highest BCUT2D eigenvalue weighted by Crippen LogP contribution is 2.25. The van der Waals surface area contributed by atoms with Crippen molar-refractivity contribution < 1.29 is 14.3 Å².